The molecule has 5 heteroatoms. The van der Waals surface area contributed by atoms with Gasteiger partial charge in [0, 0.05) is 12.6 Å². The van der Waals surface area contributed by atoms with Crippen LogP contribution in [0.1, 0.15) is 43.0 Å². The van der Waals surface area contributed by atoms with Crippen molar-refractivity contribution in [3.8, 4) is 0 Å². The van der Waals surface area contributed by atoms with Crippen LogP contribution in [0.25, 0.3) is 0 Å². The average molecular weight is 252 g/mol. The fourth-order valence-corrected chi connectivity index (χ4v) is 1.99. The van der Waals surface area contributed by atoms with Gasteiger partial charge in [0.25, 0.3) is 0 Å². The van der Waals surface area contributed by atoms with Gasteiger partial charge in [0.15, 0.2) is 0 Å². The number of rotatable bonds is 6. The molecule has 0 radical (unpaired) electrons. The molecule has 1 aliphatic rings. The molecule has 0 spiro atoms. The van der Waals surface area contributed by atoms with Crippen molar-refractivity contribution >= 4 is 11.8 Å². The molecular weight excluding hydrogens is 235 g/mol. The molecule has 0 amide bonds. The van der Waals surface area contributed by atoms with Crippen molar-refractivity contribution in [1.82, 2.24) is 4.98 Å². The highest BCUT2D eigenvalue weighted by Gasteiger charge is 2.32. The Morgan fingerprint density at radius 2 is 2.33 bits per heavy atom. The molecular formula is C13H17FN2O2. The van der Waals surface area contributed by atoms with Crippen LogP contribution in [0.3, 0.4) is 0 Å². The first-order valence-corrected chi connectivity index (χ1v) is 6.29. The molecule has 18 heavy (non-hydrogen) atoms. The van der Waals surface area contributed by atoms with E-state index in [1.807, 2.05) is 4.90 Å². The van der Waals surface area contributed by atoms with Gasteiger partial charge in [-0.05, 0) is 25.3 Å². The Kier molecular flexibility index (Phi) is 3.79. The Hall–Kier alpha value is -1.65. The van der Waals surface area contributed by atoms with Gasteiger partial charge in [0.05, 0.1) is 6.20 Å². The maximum absolute atomic E-state index is 13.1. The molecule has 0 aromatic carbocycles. The molecule has 1 aromatic heterocycles. The van der Waals surface area contributed by atoms with E-state index in [-0.39, 0.29) is 5.56 Å². The van der Waals surface area contributed by atoms with E-state index < -0.39 is 11.8 Å². The minimum atomic E-state index is -1.13. The number of pyridine rings is 1. The molecule has 1 aromatic rings. The second-order valence-electron chi connectivity index (χ2n) is 4.61. The topological polar surface area (TPSA) is 53.4 Å². The second-order valence-corrected chi connectivity index (χ2v) is 4.61. The van der Waals surface area contributed by atoms with Crippen molar-refractivity contribution in [3.05, 3.63) is 23.6 Å². The number of unbranched alkanes of at least 4 members (excludes halogenated alkanes) is 1. The standard InChI is InChI=1S/C13H17FN2O2/c1-2-3-6-16(10-4-5-10)12-11(13(17)18)7-9(14)8-15-12/h7-8,10H,2-6H2,1H3,(H,17,18). The quantitative estimate of drug-likeness (QED) is 0.845. The third kappa shape index (κ3) is 2.78. The van der Waals surface area contributed by atoms with Gasteiger partial charge in [-0.3, -0.25) is 0 Å². The Morgan fingerprint density at radius 1 is 1.61 bits per heavy atom. The molecule has 0 saturated heterocycles. The Morgan fingerprint density at radius 3 is 2.89 bits per heavy atom. The number of carboxylic acids is 1. The fourth-order valence-electron chi connectivity index (χ4n) is 1.99. The van der Waals surface area contributed by atoms with Crippen LogP contribution in [0.15, 0.2) is 12.3 Å². The zero-order valence-electron chi connectivity index (χ0n) is 10.4. The maximum Gasteiger partial charge on any atom is 0.339 e. The summed E-state index contributed by atoms with van der Waals surface area (Å²) in [7, 11) is 0. The number of aromatic nitrogens is 1. The van der Waals surface area contributed by atoms with Gasteiger partial charge in [-0.2, -0.15) is 0 Å². The van der Waals surface area contributed by atoms with Gasteiger partial charge in [0.1, 0.15) is 17.2 Å². The van der Waals surface area contributed by atoms with E-state index in [9.17, 15) is 9.18 Å². The number of hydrogen-bond donors (Lipinski definition) is 1. The summed E-state index contributed by atoms with van der Waals surface area (Å²) in [6.45, 7) is 2.86. The van der Waals surface area contributed by atoms with Gasteiger partial charge in [0.2, 0.25) is 0 Å². The van der Waals surface area contributed by atoms with Gasteiger partial charge in [-0.1, -0.05) is 13.3 Å². The molecule has 2 rings (SSSR count). The monoisotopic (exact) mass is 252 g/mol. The van der Waals surface area contributed by atoms with E-state index in [1.54, 1.807) is 0 Å². The highest BCUT2D eigenvalue weighted by atomic mass is 19.1. The highest BCUT2D eigenvalue weighted by Crippen LogP contribution is 2.32. The van der Waals surface area contributed by atoms with Crippen molar-refractivity contribution in [2.24, 2.45) is 0 Å². The average Bonchev–Trinajstić information content (AvgIpc) is 3.15. The first kappa shape index (κ1) is 12.8. The number of anilines is 1. The molecule has 1 saturated carbocycles. The lowest BCUT2D eigenvalue weighted by molar-refractivity contribution is 0.0696. The summed E-state index contributed by atoms with van der Waals surface area (Å²) in [5, 5.41) is 9.13. The summed E-state index contributed by atoms with van der Waals surface area (Å²) in [4.78, 5) is 17.2. The molecule has 4 nitrogen and oxygen atoms in total. The predicted octanol–water partition coefficient (Wildman–Crippen LogP) is 2.69. The summed E-state index contributed by atoms with van der Waals surface area (Å²) in [6.07, 6.45) is 5.22. The number of hydrogen-bond acceptors (Lipinski definition) is 3. The number of aromatic carboxylic acids is 1. The smallest absolute Gasteiger partial charge is 0.339 e. The van der Waals surface area contributed by atoms with Crippen LogP contribution in [-0.4, -0.2) is 28.6 Å². The molecule has 0 atom stereocenters. The first-order chi connectivity index (χ1) is 8.63. The summed E-state index contributed by atoms with van der Waals surface area (Å²) >= 11 is 0. The Bertz CT molecular complexity index is 447. The SMILES string of the molecule is CCCCN(c1ncc(F)cc1C(=O)O)C1CC1. The van der Waals surface area contributed by atoms with Crippen LogP contribution in [0, 0.1) is 5.82 Å². The van der Waals surface area contributed by atoms with Crippen LogP contribution in [0.2, 0.25) is 0 Å². The summed E-state index contributed by atoms with van der Waals surface area (Å²) in [5.41, 5.74) is -0.0435. The summed E-state index contributed by atoms with van der Waals surface area (Å²) < 4.78 is 13.1. The van der Waals surface area contributed by atoms with E-state index in [1.165, 1.54) is 0 Å². The predicted molar refractivity (Wildman–Crippen MR) is 66.4 cm³/mol. The van der Waals surface area contributed by atoms with E-state index in [0.717, 1.165) is 44.5 Å². The van der Waals surface area contributed by atoms with Gasteiger partial charge in [-0.25, -0.2) is 14.2 Å². The van der Waals surface area contributed by atoms with Crippen molar-refractivity contribution in [2.45, 2.75) is 38.6 Å². The zero-order valence-corrected chi connectivity index (χ0v) is 10.4. The molecule has 0 aliphatic heterocycles. The van der Waals surface area contributed by atoms with Crippen molar-refractivity contribution in [2.75, 3.05) is 11.4 Å². The lowest BCUT2D eigenvalue weighted by atomic mass is 10.2. The van der Waals surface area contributed by atoms with E-state index >= 15 is 0 Å². The van der Waals surface area contributed by atoms with Crippen molar-refractivity contribution < 1.29 is 14.3 Å². The first-order valence-electron chi connectivity index (χ1n) is 6.29. The van der Waals surface area contributed by atoms with Crippen LogP contribution < -0.4 is 4.90 Å². The summed E-state index contributed by atoms with van der Waals surface area (Å²) in [5.74, 6) is -1.33. The van der Waals surface area contributed by atoms with E-state index in [4.69, 9.17) is 5.11 Å². The fraction of sp³-hybridized carbons (Fsp3) is 0.538. The lowest BCUT2D eigenvalue weighted by Crippen LogP contribution is -2.29. The van der Waals surface area contributed by atoms with Gasteiger partial charge < -0.3 is 10.0 Å². The van der Waals surface area contributed by atoms with Gasteiger partial charge >= 0.3 is 5.97 Å². The van der Waals surface area contributed by atoms with Crippen LogP contribution in [0.5, 0.6) is 0 Å². The largest absolute Gasteiger partial charge is 0.478 e. The van der Waals surface area contributed by atoms with Crippen molar-refractivity contribution in [3.63, 3.8) is 0 Å². The lowest BCUT2D eigenvalue weighted by Gasteiger charge is -2.24. The summed E-state index contributed by atoms with van der Waals surface area (Å²) in [6, 6.07) is 1.42. The number of carboxylic acid groups (broad SMARTS) is 1. The van der Waals surface area contributed by atoms with Gasteiger partial charge in [-0.15, -0.1) is 0 Å². The van der Waals surface area contributed by atoms with Crippen LogP contribution in [0.4, 0.5) is 10.2 Å². The minimum Gasteiger partial charge on any atom is -0.478 e. The normalized spacial score (nSPS) is 14.6. The Balaban J connectivity index is 2.30. The highest BCUT2D eigenvalue weighted by molar-refractivity contribution is 5.93. The number of nitrogens with zero attached hydrogens (tertiary/aromatic N) is 2. The second kappa shape index (κ2) is 5.33. The van der Waals surface area contributed by atoms with Crippen LogP contribution in [-0.2, 0) is 0 Å². The van der Waals surface area contributed by atoms with E-state index in [0.29, 0.717) is 11.9 Å². The van der Waals surface area contributed by atoms with Crippen LogP contribution >= 0.6 is 0 Å². The Labute approximate surface area is 105 Å². The molecule has 1 aliphatic carbocycles. The minimum absolute atomic E-state index is 0.0435. The third-order valence-electron chi connectivity index (χ3n) is 3.08. The molecule has 98 valence electrons. The molecule has 0 bridgehead atoms. The molecule has 1 fully saturated rings. The third-order valence-corrected chi connectivity index (χ3v) is 3.08. The molecule has 1 heterocycles. The van der Waals surface area contributed by atoms with Crippen molar-refractivity contribution in [1.29, 1.82) is 0 Å². The molecule has 1 N–H and O–H groups in total. The zero-order chi connectivity index (χ0) is 13.1. The van der Waals surface area contributed by atoms with E-state index in [2.05, 4.69) is 11.9 Å². The number of carbonyl (C=O) groups is 1. The maximum atomic E-state index is 13.1. The number of halogens is 1. The molecule has 0 unspecified atom stereocenters.